The van der Waals surface area contributed by atoms with Crippen LogP contribution < -0.4 is 0 Å². The van der Waals surface area contributed by atoms with Gasteiger partial charge in [-0.05, 0) is 18.6 Å². The van der Waals surface area contributed by atoms with Crippen molar-refractivity contribution in [3.63, 3.8) is 0 Å². The first-order valence-electron chi connectivity index (χ1n) is 5.63. The zero-order valence-corrected chi connectivity index (χ0v) is 9.72. The number of ether oxygens (including phenoxy) is 1. The molecule has 4 nitrogen and oxygen atoms in total. The minimum Gasteiger partial charge on any atom is -0.373 e. The van der Waals surface area contributed by atoms with Gasteiger partial charge in [0.2, 0.25) is 0 Å². The molecular formula is C13H14N2O2. The maximum Gasteiger partial charge on any atom is 0.190 e. The van der Waals surface area contributed by atoms with Crippen molar-refractivity contribution in [1.29, 1.82) is 0 Å². The fourth-order valence-corrected chi connectivity index (χ4v) is 1.60. The summed E-state index contributed by atoms with van der Waals surface area (Å²) in [5.41, 5.74) is 1.95. The molecule has 1 aromatic carbocycles. The first-order valence-corrected chi connectivity index (χ1v) is 5.63. The van der Waals surface area contributed by atoms with E-state index in [4.69, 9.17) is 4.74 Å². The first-order chi connectivity index (χ1) is 8.33. The first kappa shape index (κ1) is 11.7. The highest BCUT2D eigenvalue weighted by Gasteiger charge is 2.11. The van der Waals surface area contributed by atoms with E-state index >= 15 is 0 Å². The van der Waals surface area contributed by atoms with E-state index in [1.165, 1.54) is 0 Å². The average Bonchev–Trinajstić information content (AvgIpc) is 2.38. The lowest BCUT2D eigenvalue weighted by Gasteiger charge is -2.04. The van der Waals surface area contributed by atoms with E-state index < -0.39 is 0 Å². The van der Waals surface area contributed by atoms with Gasteiger partial charge < -0.3 is 4.74 Å². The number of fused-ring (bicyclic) bond motifs is 1. The second kappa shape index (κ2) is 5.50. The molecule has 0 spiro atoms. The molecule has 0 atom stereocenters. The maximum atomic E-state index is 11.9. The van der Waals surface area contributed by atoms with Gasteiger partial charge in [0, 0.05) is 24.6 Å². The highest BCUT2D eigenvalue weighted by atomic mass is 16.5. The summed E-state index contributed by atoms with van der Waals surface area (Å²) in [6.45, 7) is 2.71. The monoisotopic (exact) mass is 230 g/mol. The number of hydrogen-bond donors (Lipinski definition) is 0. The molecule has 4 heteroatoms. The molecule has 1 aromatic heterocycles. The summed E-state index contributed by atoms with van der Waals surface area (Å²) in [7, 11) is 0. The topological polar surface area (TPSA) is 52.1 Å². The molecule has 0 aliphatic carbocycles. The van der Waals surface area contributed by atoms with Gasteiger partial charge in [-0.1, -0.05) is 13.0 Å². The highest BCUT2D eigenvalue weighted by Crippen LogP contribution is 2.14. The Hall–Kier alpha value is -1.81. The predicted molar refractivity (Wildman–Crippen MR) is 65.0 cm³/mol. The van der Waals surface area contributed by atoms with Gasteiger partial charge in [0.1, 0.15) is 6.61 Å². The molecule has 0 amide bonds. The molecular weight excluding hydrogens is 216 g/mol. The van der Waals surface area contributed by atoms with E-state index in [2.05, 4.69) is 9.97 Å². The van der Waals surface area contributed by atoms with Gasteiger partial charge in [-0.25, -0.2) is 0 Å². The number of aromatic nitrogens is 2. The molecule has 0 unspecified atom stereocenters. The van der Waals surface area contributed by atoms with Crippen LogP contribution in [-0.4, -0.2) is 29.0 Å². The predicted octanol–water partition coefficient (Wildman–Crippen LogP) is 2.24. The van der Waals surface area contributed by atoms with Crippen LogP contribution in [0.1, 0.15) is 23.7 Å². The van der Waals surface area contributed by atoms with Crippen molar-refractivity contribution in [3.8, 4) is 0 Å². The summed E-state index contributed by atoms with van der Waals surface area (Å²) in [6, 6.07) is 5.41. The summed E-state index contributed by atoms with van der Waals surface area (Å²) in [4.78, 5) is 20.3. The van der Waals surface area contributed by atoms with Crippen LogP contribution in [0, 0.1) is 0 Å². The van der Waals surface area contributed by atoms with Crippen LogP contribution >= 0.6 is 0 Å². The van der Waals surface area contributed by atoms with Gasteiger partial charge in [0.05, 0.1) is 11.0 Å². The van der Waals surface area contributed by atoms with Gasteiger partial charge in [-0.2, -0.15) is 0 Å². The largest absolute Gasteiger partial charge is 0.373 e. The molecule has 0 aliphatic rings. The average molecular weight is 230 g/mol. The van der Waals surface area contributed by atoms with Crippen molar-refractivity contribution < 1.29 is 9.53 Å². The van der Waals surface area contributed by atoms with E-state index in [1.54, 1.807) is 18.5 Å². The summed E-state index contributed by atoms with van der Waals surface area (Å²) < 4.78 is 5.25. The molecule has 0 bridgehead atoms. The molecule has 0 radical (unpaired) electrons. The van der Waals surface area contributed by atoms with E-state index in [0.29, 0.717) is 17.7 Å². The Kier molecular flexibility index (Phi) is 3.77. The summed E-state index contributed by atoms with van der Waals surface area (Å²) in [5.74, 6) is -0.0513. The van der Waals surface area contributed by atoms with Crippen molar-refractivity contribution in [2.45, 2.75) is 13.3 Å². The van der Waals surface area contributed by atoms with Gasteiger partial charge in [-0.15, -0.1) is 0 Å². The quantitative estimate of drug-likeness (QED) is 0.584. The second-order valence-electron chi connectivity index (χ2n) is 3.71. The Morgan fingerprint density at radius 1 is 1.29 bits per heavy atom. The summed E-state index contributed by atoms with van der Waals surface area (Å²) in [6.07, 6.45) is 4.11. The van der Waals surface area contributed by atoms with Crippen molar-refractivity contribution in [2.75, 3.05) is 13.2 Å². The second-order valence-corrected chi connectivity index (χ2v) is 3.71. The molecule has 2 aromatic rings. The number of ketones is 1. The number of Topliss-reactive ketones (excluding diaryl/α,β-unsaturated/α-hetero) is 1. The van der Waals surface area contributed by atoms with Crippen molar-refractivity contribution in [1.82, 2.24) is 9.97 Å². The molecule has 0 aliphatic heterocycles. The lowest BCUT2D eigenvalue weighted by molar-refractivity contribution is 0.0763. The fraction of sp³-hybridized carbons (Fsp3) is 0.308. The summed E-state index contributed by atoms with van der Waals surface area (Å²) >= 11 is 0. The Morgan fingerprint density at radius 2 is 2.12 bits per heavy atom. The molecule has 0 saturated heterocycles. The third-order valence-electron chi connectivity index (χ3n) is 2.38. The van der Waals surface area contributed by atoms with Crippen molar-refractivity contribution >= 4 is 16.8 Å². The molecule has 17 heavy (non-hydrogen) atoms. The Balaban J connectivity index is 2.26. The standard InChI is InChI=1S/C13H14N2O2/c1-2-8-17-9-12(16)10-4-3-5-11-13(10)15-7-6-14-11/h3-7H,2,8-9H2,1H3. The molecule has 2 rings (SSSR count). The summed E-state index contributed by atoms with van der Waals surface area (Å²) in [5, 5.41) is 0. The van der Waals surface area contributed by atoms with Crippen LogP contribution in [0.2, 0.25) is 0 Å². The van der Waals surface area contributed by atoms with E-state index in [9.17, 15) is 4.79 Å². The van der Waals surface area contributed by atoms with Crippen LogP contribution in [0.5, 0.6) is 0 Å². The number of benzene rings is 1. The zero-order chi connectivity index (χ0) is 12.1. The molecule has 0 fully saturated rings. The smallest absolute Gasteiger partial charge is 0.190 e. The third-order valence-corrected chi connectivity index (χ3v) is 2.38. The highest BCUT2D eigenvalue weighted by molar-refractivity contribution is 6.06. The van der Waals surface area contributed by atoms with E-state index in [1.807, 2.05) is 19.1 Å². The van der Waals surface area contributed by atoms with Crippen molar-refractivity contribution in [2.24, 2.45) is 0 Å². The number of para-hydroxylation sites is 1. The lowest BCUT2D eigenvalue weighted by atomic mass is 10.1. The molecule has 88 valence electrons. The van der Waals surface area contributed by atoms with Gasteiger partial charge >= 0.3 is 0 Å². The Bertz CT molecular complexity index is 520. The Labute approximate surface area is 99.7 Å². The number of nitrogens with zero attached hydrogens (tertiary/aromatic N) is 2. The molecule has 1 heterocycles. The van der Waals surface area contributed by atoms with Crippen LogP contribution in [0.15, 0.2) is 30.6 Å². The van der Waals surface area contributed by atoms with Crippen LogP contribution in [0.4, 0.5) is 0 Å². The fourth-order valence-electron chi connectivity index (χ4n) is 1.60. The normalized spacial score (nSPS) is 10.6. The minimum absolute atomic E-state index is 0.0513. The van der Waals surface area contributed by atoms with E-state index in [-0.39, 0.29) is 12.4 Å². The van der Waals surface area contributed by atoms with Crippen molar-refractivity contribution in [3.05, 3.63) is 36.2 Å². The zero-order valence-electron chi connectivity index (χ0n) is 9.72. The van der Waals surface area contributed by atoms with Gasteiger partial charge in [-0.3, -0.25) is 14.8 Å². The number of carbonyl (C=O) groups excluding carboxylic acids is 1. The van der Waals surface area contributed by atoms with Gasteiger partial charge in [0.25, 0.3) is 0 Å². The molecule has 0 saturated carbocycles. The van der Waals surface area contributed by atoms with Gasteiger partial charge in [0.15, 0.2) is 5.78 Å². The SMILES string of the molecule is CCCOCC(=O)c1cccc2nccnc12. The third kappa shape index (κ3) is 2.65. The lowest BCUT2D eigenvalue weighted by Crippen LogP contribution is -2.10. The van der Waals surface area contributed by atoms with Crippen LogP contribution in [0.3, 0.4) is 0 Å². The minimum atomic E-state index is -0.0513. The van der Waals surface area contributed by atoms with Crippen LogP contribution in [-0.2, 0) is 4.74 Å². The number of rotatable bonds is 5. The number of carbonyl (C=O) groups is 1. The Morgan fingerprint density at radius 3 is 2.94 bits per heavy atom. The maximum absolute atomic E-state index is 11.9. The van der Waals surface area contributed by atoms with Crippen LogP contribution in [0.25, 0.3) is 11.0 Å². The molecule has 0 N–H and O–H groups in total. The van der Waals surface area contributed by atoms with E-state index in [0.717, 1.165) is 11.9 Å². The number of hydrogen-bond acceptors (Lipinski definition) is 4.